The van der Waals surface area contributed by atoms with Crippen LogP contribution in [0.5, 0.6) is 0 Å². The van der Waals surface area contributed by atoms with Gasteiger partial charge in [0.25, 0.3) is 5.91 Å². The van der Waals surface area contributed by atoms with Crippen LogP contribution in [0.3, 0.4) is 0 Å². The number of ether oxygens (including phenoxy) is 1. The predicted molar refractivity (Wildman–Crippen MR) is 104 cm³/mol. The third-order valence-corrected chi connectivity index (χ3v) is 5.89. The molecule has 1 N–H and O–H groups in total. The van der Waals surface area contributed by atoms with Gasteiger partial charge in [-0.3, -0.25) is 9.59 Å². The van der Waals surface area contributed by atoms with E-state index < -0.39 is 5.54 Å². The van der Waals surface area contributed by atoms with E-state index in [1.54, 1.807) is 21.9 Å². The summed E-state index contributed by atoms with van der Waals surface area (Å²) in [4.78, 5) is 29.0. The quantitative estimate of drug-likeness (QED) is 0.854. The fraction of sp³-hybridized carbons (Fsp3) is 0.364. The largest absolute Gasteiger partial charge is 0.394 e. The number of hydrogen-bond acceptors (Lipinski definition) is 4. The van der Waals surface area contributed by atoms with Gasteiger partial charge in [-0.1, -0.05) is 48.5 Å². The smallest absolute Gasteiger partial charge is 0.254 e. The highest BCUT2D eigenvalue weighted by Gasteiger charge is 2.67. The van der Waals surface area contributed by atoms with Crippen molar-refractivity contribution < 1.29 is 19.4 Å². The predicted octanol–water partition coefficient (Wildman–Crippen LogP) is 1.51. The van der Waals surface area contributed by atoms with Crippen molar-refractivity contribution in [2.75, 3.05) is 33.4 Å². The van der Waals surface area contributed by atoms with Crippen molar-refractivity contribution in [1.82, 2.24) is 9.80 Å². The van der Waals surface area contributed by atoms with Crippen LogP contribution in [0.25, 0.3) is 0 Å². The standard InChI is InChI=1S/C22H24N2O4/c1-28-13-19(26)24-18(12-25)20(16-8-4-2-5-9-16)22(24)14-23(15-22)21(27)17-10-6-3-7-11-17/h2-11,18,20,25H,12-15H2,1H3/t18-,20-/m1/s1. The van der Waals surface area contributed by atoms with E-state index in [0.717, 1.165) is 5.56 Å². The minimum Gasteiger partial charge on any atom is -0.394 e. The lowest BCUT2D eigenvalue weighted by atomic mass is 9.60. The van der Waals surface area contributed by atoms with Crippen LogP contribution in [-0.4, -0.2) is 71.7 Å². The Morgan fingerprint density at radius 1 is 1.07 bits per heavy atom. The van der Waals surface area contributed by atoms with Crippen LogP contribution < -0.4 is 0 Å². The molecule has 2 heterocycles. The summed E-state index contributed by atoms with van der Waals surface area (Å²) in [7, 11) is 1.49. The summed E-state index contributed by atoms with van der Waals surface area (Å²) in [5.74, 6) is -0.204. The van der Waals surface area contributed by atoms with Gasteiger partial charge in [0, 0.05) is 31.7 Å². The van der Waals surface area contributed by atoms with Gasteiger partial charge in [0.1, 0.15) is 6.61 Å². The number of carbonyl (C=O) groups is 2. The highest BCUT2D eigenvalue weighted by Crippen LogP contribution is 2.54. The van der Waals surface area contributed by atoms with Gasteiger partial charge >= 0.3 is 0 Å². The van der Waals surface area contributed by atoms with Crippen LogP contribution in [-0.2, 0) is 9.53 Å². The van der Waals surface area contributed by atoms with Gasteiger partial charge in [-0.05, 0) is 17.7 Å². The maximum absolute atomic E-state index is 12.8. The maximum atomic E-state index is 12.8. The number of benzene rings is 2. The first-order valence-electron chi connectivity index (χ1n) is 9.43. The second kappa shape index (κ2) is 7.37. The molecular formula is C22H24N2O4. The molecule has 0 saturated carbocycles. The van der Waals surface area contributed by atoms with Crippen LogP contribution in [0.15, 0.2) is 60.7 Å². The van der Waals surface area contributed by atoms with Crippen molar-refractivity contribution in [3.8, 4) is 0 Å². The first-order chi connectivity index (χ1) is 13.6. The highest BCUT2D eigenvalue weighted by atomic mass is 16.5. The van der Waals surface area contributed by atoms with Crippen molar-refractivity contribution in [2.24, 2.45) is 0 Å². The van der Waals surface area contributed by atoms with Crippen LogP contribution in [0.1, 0.15) is 21.8 Å². The number of rotatable bonds is 5. The number of aliphatic hydroxyl groups excluding tert-OH is 1. The Bertz CT molecular complexity index is 849. The van der Waals surface area contributed by atoms with Gasteiger partial charge in [0.2, 0.25) is 5.91 Å². The second-order valence-corrected chi connectivity index (χ2v) is 7.47. The molecule has 0 aromatic heterocycles. The molecule has 6 heteroatoms. The summed E-state index contributed by atoms with van der Waals surface area (Å²) >= 11 is 0. The Morgan fingerprint density at radius 3 is 2.25 bits per heavy atom. The summed E-state index contributed by atoms with van der Waals surface area (Å²) in [5.41, 5.74) is 1.23. The molecule has 0 aliphatic carbocycles. The highest BCUT2D eigenvalue weighted by molar-refractivity contribution is 5.95. The molecule has 2 aliphatic rings. The van der Waals surface area contributed by atoms with Gasteiger partial charge in [-0.15, -0.1) is 0 Å². The lowest BCUT2D eigenvalue weighted by molar-refractivity contribution is -0.196. The SMILES string of the molecule is COCC(=O)N1[C@H](CO)[C@@H](c2ccccc2)C12CN(C(=O)c1ccccc1)C2. The van der Waals surface area contributed by atoms with E-state index in [9.17, 15) is 14.7 Å². The van der Waals surface area contributed by atoms with E-state index in [2.05, 4.69) is 0 Å². The topological polar surface area (TPSA) is 70.1 Å². The molecule has 4 rings (SSSR count). The fourth-order valence-electron chi connectivity index (χ4n) is 4.78. The molecule has 2 amide bonds. The molecular weight excluding hydrogens is 356 g/mol. The summed E-state index contributed by atoms with van der Waals surface area (Å²) in [6, 6.07) is 18.8. The fourth-order valence-corrected chi connectivity index (χ4v) is 4.78. The van der Waals surface area contributed by atoms with Crippen molar-refractivity contribution in [2.45, 2.75) is 17.5 Å². The molecule has 2 fully saturated rings. The molecule has 0 unspecified atom stereocenters. The van der Waals surface area contributed by atoms with Crippen molar-refractivity contribution in [3.05, 3.63) is 71.8 Å². The monoisotopic (exact) mass is 380 g/mol. The third-order valence-electron chi connectivity index (χ3n) is 5.89. The van der Waals surface area contributed by atoms with Gasteiger partial charge in [-0.25, -0.2) is 0 Å². The van der Waals surface area contributed by atoms with Crippen LogP contribution in [0.4, 0.5) is 0 Å². The summed E-state index contributed by atoms with van der Waals surface area (Å²) in [6.07, 6.45) is 0. The first-order valence-corrected chi connectivity index (χ1v) is 9.43. The zero-order chi connectivity index (χ0) is 19.7. The van der Waals surface area contributed by atoms with E-state index in [-0.39, 0.29) is 37.0 Å². The van der Waals surface area contributed by atoms with Crippen molar-refractivity contribution in [1.29, 1.82) is 0 Å². The molecule has 2 aromatic carbocycles. The molecule has 28 heavy (non-hydrogen) atoms. The lowest BCUT2D eigenvalue weighted by Crippen LogP contribution is -2.86. The molecule has 0 bridgehead atoms. The Labute approximate surface area is 164 Å². The Kier molecular flexibility index (Phi) is 4.91. The van der Waals surface area contributed by atoms with E-state index in [4.69, 9.17) is 4.74 Å². The van der Waals surface area contributed by atoms with E-state index >= 15 is 0 Å². The third kappa shape index (κ3) is 2.80. The van der Waals surface area contributed by atoms with Crippen molar-refractivity contribution in [3.63, 3.8) is 0 Å². The molecule has 146 valence electrons. The van der Waals surface area contributed by atoms with Gasteiger partial charge < -0.3 is 19.6 Å². The number of likely N-dealkylation sites (tertiary alicyclic amines) is 2. The summed E-state index contributed by atoms with van der Waals surface area (Å²) < 4.78 is 5.05. The molecule has 2 aliphatic heterocycles. The average molecular weight is 380 g/mol. The van der Waals surface area contributed by atoms with Gasteiger partial charge in [0.15, 0.2) is 0 Å². The zero-order valence-corrected chi connectivity index (χ0v) is 15.8. The molecule has 2 saturated heterocycles. The van der Waals surface area contributed by atoms with Crippen molar-refractivity contribution >= 4 is 11.8 Å². The Hall–Kier alpha value is -2.70. The number of amides is 2. The maximum Gasteiger partial charge on any atom is 0.254 e. The molecule has 1 spiro atoms. The summed E-state index contributed by atoms with van der Waals surface area (Å²) in [6.45, 7) is 0.744. The number of carbonyl (C=O) groups excluding carboxylic acids is 2. The van der Waals surface area contributed by atoms with E-state index in [1.807, 2.05) is 48.5 Å². The first kappa shape index (κ1) is 18.7. The Morgan fingerprint density at radius 2 is 1.68 bits per heavy atom. The Balaban J connectivity index is 1.62. The summed E-state index contributed by atoms with van der Waals surface area (Å²) in [5, 5.41) is 9.99. The normalized spacial score (nSPS) is 22.5. The number of aliphatic hydroxyl groups is 1. The van der Waals surface area contributed by atoms with Gasteiger partial charge in [-0.2, -0.15) is 0 Å². The minimum atomic E-state index is -0.491. The number of nitrogens with zero attached hydrogens (tertiary/aromatic N) is 2. The molecule has 0 radical (unpaired) electrons. The molecule has 2 aromatic rings. The second-order valence-electron chi connectivity index (χ2n) is 7.47. The molecule has 6 nitrogen and oxygen atoms in total. The lowest BCUT2D eigenvalue weighted by Gasteiger charge is -2.70. The molecule has 2 atom stereocenters. The zero-order valence-electron chi connectivity index (χ0n) is 15.8. The van der Waals surface area contributed by atoms with Crippen LogP contribution in [0.2, 0.25) is 0 Å². The average Bonchev–Trinajstić information content (AvgIpc) is 2.68. The van der Waals surface area contributed by atoms with E-state index in [1.165, 1.54) is 7.11 Å². The van der Waals surface area contributed by atoms with Gasteiger partial charge in [0.05, 0.1) is 18.2 Å². The van der Waals surface area contributed by atoms with Crippen LogP contribution >= 0.6 is 0 Å². The number of hydrogen-bond donors (Lipinski definition) is 1. The number of methoxy groups -OCH3 is 1. The van der Waals surface area contributed by atoms with Crippen LogP contribution in [0, 0.1) is 0 Å². The minimum absolute atomic E-state index is 0.0145. The van der Waals surface area contributed by atoms with E-state index in [0.29, 0.717) is 18.7 Å².